The molecule has 1 saturated heterocycles. The first kappa shape index (κ1) is 17.8. The number of aromatic nitrogens is 2. The standard InChI is InChI=1S/C22H24N4OS/c27-22(23-10-14-1-8-19-18(9-14)11-24-26-19)21-13-28-12-20(25-21)17-6-4-16(5-7-17)15-2-3-15/h1,4-9,11,15,20-21,25H,2-3,10,12-13H2,(H,23,27)(H,24,26)/t20?,21-/m0/s1. The van der Waals surface area contributed by atoms with Crippen LogP contribution in [0.2, 0.25) is 0 Å². The Labute approximate surface area is 168 Å². The van der Waals surface area contributed by atoms with Crippen molar-refractivity contribution in [2.24, 2.45) is 0 Å². The smallest absolute Gasteiger partial charge is 0.238 e. The molecule has 1 aliphatic heterocycles. The van der Waals surface area contributed by atoms with Crippen LogP contribution in [0.4, 0.5) is 0 Å². The molecular weight excluding hydrogens is 368 g/mol. The summed E-state index contributed by atoms with van der Waals surface area (Å²) in [6.07, 6.45) is 4.46. The average molecular weight is 393 g/mol. The number of hydrogen-bond acceptors (Lipinski definition) is 4. The number of fused-ring (bicyclic) bond motifs is 1. The number of thioether (sulfide) groups is 1. The van der Waals surface area contributed by atoms with Gasteiger partial charge in [0.15, 0.2) is 0 Å². The first-order valence-corrected chi connectivity index (χ1v) is 11.0. The van der Waals surface area contributed by atoms with Gasteiger partial charge in [-0.25, -0.2) is 0 Å². The van der Waals surface area contributed by atoms with Crippen molar-refractivity contribution in [1.82, 2.24) is 20.8 Å². The molecule has 1 unspecified atom stereocenters. The molecule has 144 valence electrons. The van der Waals surface area contributed by atoms with Crippen molar-refractivity contribution < 1.29 is 4.79 Å². The molecule has 5 rings (SSSR count). The topological polar surface area (TPSA) is 69.8 Å². The predicted octanol–water partition coefficient (Wildman–Crippen LogP) is 3.50. The Balaban J connectivity index is 1.19. The number of benzene rings is 2. The molecule has 28 heavy (non-hydrogen) atoms. The second-order valence-corrected chi connectivity index (χ2v) is 8.83. The van der Waals surface area contributed by atoms with Crippen molar-refractivity contribution in [2.75, 3.05) is 11.5 Å². The van der Waals surface area contributed by atoms with E-state index in [0.717, 1.165) is 33.9 Å². The van der Waals surface area contributed by atoms with Gasteiger partial charge in [0.1, 0.15) is 0 Å². The average Bonchev–Trinajstić information content (AvgIpc) is 3.49. The summed E-state index contributed by atoms with van der Waals surface area (Å²) >= 11 is 1.85. The molecule has 1 aromatic heterocycles. The Kier molecular flexibility index (Phi) is 4.82. The van der Waals surface area contributed by atoms with E-state index >= 15 is 0 Å². The van der Waals surface area contributed by atoms with Crippen molar-refractivity contribution in [3.8, 4) is 0 Å². The van der Waals surface area contributed by atoms with Crippen molar-refractivity contribution in [3.05, 3.63) is 65.4 Å². The third kappa shape index (κ3) is 3.80. The van der Waals surface area contributed by atoms with Gasteiger partial charge in [0.25, 0.3) is 0 Å². The van der Waals surface area contributed by atoms with Crippen molar-refractivity contribution in [1.29, 1.82) is 0 Å². The van der Waals surface area contributed by atoms with E-state index < -0.39 is 0 Å². The Hall–Kier alpha value is -2.31. The molecule has 2 aliphatic rings. The first-order valence-electron chi connectivity index (χ1n) is 9.89. The van der Waals surface area contributed by atoms with Crippen LogP contribution in [0.1, 0.15) is 41.5 Å². The molecule has 0 bridgehead atoms. The molecule has 3 aromatic rings. The highest BCUT2D eigenvalue weighted by Gasteiger charge is 2.28. The molecular formula is C22H24N4OS. The monoisotopic (exact) mass is 392 g/mol. The number of H-pyrrole nitrogens is 1. The summed E-state index contributed by atoms with van der Waals surface area (Å²) in [6, 6.07) is 15.1. The number of carbonyl (C=O) groups is 1. The minimum absolute atomic E-state index is 0.0686. The summed E-state index contributed by atoms with van der Waals surface area (Å²) in [5.74, 6) is 2.66. The molecule has 0 spiro atoms. The highest BCUT2D eigenvalue weighted by molar-refractivity contribution is 7.99. The maximum Gasteiger partial charge on any atom is 0.238 e. The first-order chi connectivity index (χ1) is 13.8. The highest BCUT2D eigenvalue weighted by Crippen LogP contribution is 2.40. The van der Waals surface area contributed by atoms with Crippen LogP contribution < -0.4 is 10.6 Å². The number of nitrogens with zero attached hydrogens (tertiary/aromatic N) is 1. The summed E-state index contributed by atoms with van der Waals surface area (Å²) in [6.45, 7) is 0.531. The molecule has 1 amide bonds. The fourth-order valence-corrected chi connectivity index (χ4v) is 4.96. The summed E-state index contributed by atoms with van der Waals surface area (Å²) in [5, 5.41) is 14.7. The van der Waals surface area contributed by atoms with Crippen LogP contribution in [0.25, 0.3) is 10.9 Å². The SMILES string of the molecule is O=C(NCc1ccc2[nH]ncc2c1)[C@@H]1CSCC(c2ccc(C3CC3)cc2)N1. The Morgan fingerprint density at radius 1 is 1.11 bits per heavy atom. The van der Waals surface area contributed by atoms with Gasteiger partial charge in [-0.1, -0.05) is 30.3 Å². The molecule has 1 saturated carbocycles. The maximum atomic E-state index is 12.7. The molecule has 2 fully saturated rings. The van der Waals surface area contributed by atoms with Crippen LogP contribution in [0, 0.1) is 0 Å². The van der Waals surface area contributed by atoms with Crippen LogP contribution in [-0.4, -0.2) is 33.7 Å². The lowest BCUT2D eigenvalue weighted by Crippen LogP contribution is -2.50. The predicted molar refractivity (Wildman–Crippen MR) is 113 cm³/mol. The summed E-state index contributed by atoms with van der Waals surface area (Å²) in [7, 11) is 0. The Morgan fingerprint density at radius 2 is 1.93 bits per heavy atom. The number of carbonyl (C=O) groups excluding carboxylic acids is 1. The van der Waals surface area contributed by atoms with Gasteiger partial charge >= 0.3 is 0 Å². The van der Waals surface area contributed by atoms with Crippen LogP contribution in [-0.2, 0) is 11.3 Å². The number of nitrogens with one attached hydrogen (secondary N) is 3. The van der Waals surface area contributed by atoms with Gasteiger partial charge in [-0.15, -0.1) is 0 Å². The minimum atomic E-state index is -0.162. The molecule has 2 aromatic carbocycles. The molecule has 2 atom stereocenters. The third-order valence-corrected chi connectivity index (χ3v) is 6.78. The highest BCUT2D eigenvalue weighted by atomic mass is 32.2. The fourth-order valence-electron chi connectivity index (χ4n) is 3.82. The molecule has 2 heterocycles. The molecule has 3 N–H and O–H groups in total. The van der Waals surface area contributed by atoms with Gasteiger partial charge in [0.05, 0.1) is 17.8 Å². The van der Waals surface area contributed by atoms with Gasteiger partial charge in [-0.05, 0) is 47.6 Å². The zero-order valence-corrected chi connectivity index (χ0v) is 16.5. The lowest BCUT2D eigenvalue weighted by atomic mass is 10.0. The second kappa shape index (κ2) is 7.60. The number of amides is 1. The number of rotatable bonds is 5. The van der Waals surface area contributed by atoms with Crippen molar-refractivity contribution in [3.63, 3.8) is 0 Å². The lowest BCUT2D eigenvalue weighted by Gasteiger charge is -2.30. The zero-order chi connectivity index (χ0) is 18.9. The van der Waals surface area contributed by atoms with Gasteiger partial charge in [0, 0.05) is 29.5 Å². The fraction of sp³-hybridized carbons (Fsp3) is 0.364. The van der Waals surface area contributed by atoms with E-state index in [-0.39, 0.29) is 18.0 Å². The zero-order valence-electron chi connectivity index (χ0n) is 15.7. The van der Waals surface area contributed by atoms with Crippen LogP contribution in [0.15, 0.2) is 48.7 Å². The normalized spacial score (nSPS) is 22.3. The van der Waals surface area contributed by atoms with E-state index in [0.29, 0.717) is 6.54 Å². The van der Waals surface area contributed by atoms with E-state index in [2.05, 4.69) is 51.2 Å². The third-order valence-electron chi connectivity index (χ3n) is 5.65. The Bertz CT molecular complexity index is 980. The van der Waals surface area contributed by atoms with Crippen LogP contribution >= 0.6 is 11.8 Å². The van der Waals surface area contributed by atoms with Gasteiger partial charge < -0.3 is 5.32 Å². The van der Waals surface area contributed by atoms with Crippen molar-refractivity contribution in [2.45, 2.75) is 37.4 Å². The van der Waals surface area contributed by atoms with E-state index in [4.69, 9.17) is 0 Å². The minimum Gasteiger partial charge on any atom is -0.351 e. The second-order valence-electron chi connectivity index (χ2n) is 7.76. The van der Waals surface area contributed by atoms with Crippen LogP contribution in [0.5, 0.6) is 0 Å². The Morgan fingerprint density at radius 3 is 2.75 bits per heavy atom. The summed E-state index contributed by atoms with van der Waals surface area (Å²) in [5.41, 5.74) is 4.82. The van der Waals surface area contributed by atoms with Gasteiger partial charge in [-0.3, -0.25) is 15.2 Å². The van der Waals surface area contributed by atoms with E-state index in [1.165, 1.54) is 24.0 Å². The van der Waals surface area contributed by atoms with Crippen molar-refractivity contribution >= 4 is 28.6 Å². The number of aromatic amines is 1. The molecule has 5 nitrogen and oxygen atoms in total. The lowest BCUT2D eigenvalue weighted by molar-refractivity contribution is -0.123. The molecule has 0 radical (unpaired) electrons. The summed E-state index contributed by atoms with van der Waals surface area (Å²) < 4.78 is 0. The van der Waals surface area contributed by atoms with Gasteiger partial charge in [-0.2, -0.15) is 16.9 Å². The molecule has 1 aliphatic carbocycles. The van der Waals surface area contributed by atoms with Crippen LogP contribution in [0.3, 0.4) is 0 Å². The van der Waals surface area contributed by atoms with Gasteiger partial charge in [0.2, 0.25) is 5.91 Å². The maximum absolute atomic E-state index is 12.7. The van der Waals surface area contributed by atoms with E-state index in [1.54, 1.807) is 6.20 Å². The quantitative estimate of drug-likeness (QED) is 0.622. The van der Waals surface area contributed by atoms with E-state index in [9.17, 15) is 4.79 Å². The summed E-state index contributed by atoms with van der Waals surface area (Å²) in [4.78, 5) is 12.7. The molecule has 6 heteroatoms. The number of hydrogen-bond donors (Lipinski definition) is 3. The van der Waals surface area contributed by atoms with E-state index in [1.807, 2.05) is 23.9 Å². The largest absolute Gasteiger partial charge is 0.351 e.